The third-order valence-corrected chi connectivity index (χ3v) is 3.24. The molecule has 0 atom stereocenters. The molecule has 0 aliphatic heterocycles. The van der Waals surface area contributed by atoms with Crippen molar-refractivity contribution in [1.82, 2.24) is 14.6 Å². The maximum Gasteiger partial charge on any atom is 0.303 e. The van der Waals surface area contributed by atoms with E-state index in [9.17, 15) is 14.7 Å². The Kier molecular flexibility index (Phi) is 4.52. The molecule has 0 aliphatic carbocycles. The Morgan fingerprint density at radius 2 is 2.10 bits per heavy atom. The Morgan fingerprint density at radius 1 is 1.33 bits per heavy atom. The van der Waals surface area contributed by atoms with Crippen molar-refractivity contribution >= 4 is 17.4 Å². The number of hydrogen-bond donors (Lipinski definition) is 2. The lowest BCUT2D eigenvalue weighted by atomic mass is 10.1. The van der Waals surface area contributed by atoms with Crippen LogP contribution >= 0.6 is 0 Å². The first-order chi connectivity index (χ1) is 10.0. The van der Waals surface area contributed by atoms with Crippen LogP contribution in [-0.4, -0.2) is 30.8 Å². The van der Waals surface area contributed by atoms with E-state index in [-0.39, 0.29) is 34.9 Å². The van der Waals surface area contributed by atoms with E-state index in [1.165, 1.54) is 16.9 Å². The number of aliphatic carboxylic acids is 1. The molecule has 0 spiro atoms. The maximum atomic E-state index is 12.2. The topological polar surface area (TPSA) is 105 Å². The summed E-state index contributed by atoms with van der Waals surface area (Å²) in [6.45, 7) is 2.05. The second-order valence-corrected chi connectivity index (χ2v) is 4.81. The molecule has 0 amide bonds. The van der Waals surface area contributed by atoms with E-state index in [0.29, 0.717) is 6.42 Å². The second kappa shape index (κ2) is 6.34. The fourth-order valence-electron chi connectivity index (χ4n) is 2.17. The molecule has 112 valence electrons. The van der Waals surface area contributed by atoms with Crippen LogP contribution in [0.1, 0.15) is 38.3 Å². The monoisotopic (exact) mass is 291 g/mol. The number of rotatable bonds is 6. The van der Waals surface area contributed by atoms with Crippen molar-refractivity contribution in [2.24, 2.45) is 0 Å². The quantitative estimate of drug-likeness (QED) is 0.811. The molecule has 0 radical (unpaired) electrons. The van der Waals surface area contributed by atoms with Gasteiger partial charge in [-0.2, -0.15) is 5.10 Å². The van der Waals surface area contributed by atoms with Crippen molar-refractivity contribution in [3.63, 3.8) is 0 Å². The third kappa shape index (κ3) is 3.18. The van der Waals surface area contributed by atoms with Gasteiger partial charge < -0.3 is 10.2 Å². The standard InChI is InChI=1S/C14H17N3O4/c1-2-3-4-9-7-11(19)13(10(18)5-6-12(20)21)14-15-8-16-17(9)14/h7-8,18H,2-6H2,1H3,(H,20,21)/b13-10-. The minimum atomic E-state index is -1.04. The van der Waals surface area contributed by atoms with Crippen LogP contribution in [0.5, 0.6) is 0 Å². The van der Waals surface area contributed by atoms with Crippen LogP contribution in [0.15, 0.2) is 17.2 Å². The number of carbonyl (C=O) groups is 1. The predicted molar refractivity (Wildman–Crippen MR) is 76.0 cm³/mol. The summed E-state index contributed by atoms with van der Waals surface area (Å²) in [4.78, 5) is 26.8. The Bertz CT molecular complexity index is 766. The number of aliphatic hydroxyl groups is 1. The predicted octanol–water partition coefficient (Wildman–Crippen LogP) is 0.682. The first-order valence-corrected chi connectivity index (χ1v) is 6.84. The molecule has 7 heteroatoms. The van der Waals surface area contributed by atoms with Crippen LogP contribution in [0, 0.1) is 0 Å². The molecule has 0 fully saturated rings. The SMILES string of the molecule is CCCCc1cc(=O)/c(=C(/O)CCC(=O)O)c2ncnn12. The summed E-state index contributed by atoms with van der Waals surface area (Å²) in [7, 11) is 0. The van der Waals surface area contributed by atoms with Gasteiger partial charge in [0, 0.05) is 18.2 Å². The van der Waals surface area contributed by atoms with Crippen molar-refractivity contribution in [2.45, 2.75) is 39.0 Å². The van der Waals surface area contributed by atoms with Crippen LogP contribution in [-0.2, 0) is 11.2 Å². The molecule has 21 heavy (non-hydrogen) atoms. The highest BCUT2D eigenvalue weighted by Crippen LogP contribution is 2.05. The van der Waals surface area contributed by atoms with E-state index in [1.807, 2.05) is 0 Å². The molecule has 2 aromatic heterocycles. The van der Waals surface area contributed by atoms with Crippen LogP contribution in [0.2, 0.25) is 0 Å². The van der Waals surface area contributed by atoms with Gasteiger partial charge in [-0.3, -0.25) is 9.59 Å². The molecule has 0 saturated carbocycles. The minimum absolute atomic E-state index is 0.0361. The van der Waals surface area contributed by atoms with E-state index >= 15 is 0 Å². The van der Waals surface area contributed by atoms with Crippen molar-refractivity contribution in [2.75, 3.05) is 0 Å². The summed E-state index contributed by atoms with van der Waals surface area (Å²) in [6, 6.07) is 1.43. The lowest BCUT2D eigenvalue weighted by Crippen LogP contribution is -2.31. The van der Waals surface area contributed by atoms with E-state index in [2.05, 4.69) is 17.0 Å². The number of carboxylic acid groups (broad SMARTS) is 1. The molecule has 7 nitrogen and oxygen atoms in total. The third-order valence-electron chi connectivity index (χ3n) is 3.24. The lowest BCUT2D eigenvalue weighted by molar-refractivity contribution is -0.136. The normalized spacial score (nSPS) is 12.6. The molecule has 2 rings (SSSR count). The Balaban J connectivity index is 2.58. The smallest absolute Gasteiger partial charge is 0.303 e. The minimum Gasteiger partial charge on any atom is -0.511 e. The molecule has 0 bridgehead atoms. The molecule has 2 heterocycles. The average molecular weight is 291 g/mol. The Morgan fingerprint density at radius 3 is 2.76 bits per heavy atom. The highest BCUT2D eigenvalue weighted by Gasteiger charge is 2.12. The summed E-state index contributed by atoms with van der Waals surface area (Å²) in [5, 5.41) is 22.8. The summed E-state index contributed by atoms with van der Waals surface area (Å²) < 4.78 is 1.53. The molecule has 0 saturated heterocycles. The van der Waals surface area contributed by atoms with Crippen LogP contribution in [0.3, 0.4) is 0 Å². The molecule has 0 aliphatic rings. The molecule has 0 unspecified atom stereocenters. The van der Waals surface area contributed by atoms with Crippen LogP contribution < -0.4 is 10.6 Å². The van der Waals surface area contributed by atoms with E-state index < -0.39 is 5.97 Å². The average Bonchev–Trinajstić information content (AvgIpc) is 2.91. The number of unbranched alkanes of at least 4 members (excludes halogenated alkanes) is 1. The van der Waals surface area contributed by atoms with Crippen molar-refractivity contribution < 1.29 is 15.0 Å². The molecule has 2 N–H and O–H groups in total. The summed E-state index contributed by atoms with van der Waals surface area (Å²) >= 11 is 0. The largest absolute Gasteiger partial charge is 0.511 e. The van der Waals surface area contributed by atoms with Gasteiger partial charge in [-0.15, -0.1) is 0 Å². The van der Waals surface area contributed by atoms with Gasteiger partial charge in [0.2, 0.25) is 0 Å². The molecule has 2 aromatic rings. The van der Waals surface area contributed by atoms with Crippen molar-refractivity contribution in [3.8, 4) is 0 Å². The van der Waals surface area contributed by atoms with E-state index in [4.69, 9.17) is 5.11 Å². The first kappa shape index (κ1) is 15.0. The lowest BCUT2D eigenvalue weighted by Gasteiger charge is -2.04. The Hall–Kier alpha value is -2.44. The molecular weight excluding hydrogens is 274 g/mol. The van der Waals surface area contributed by atoms with Gasteiger partial charge in [0.1, 0.15) is 17.3 Å². The fourth-order valence-corrected chi connectivity index (χ4v) is 2.17. The maximum absolute atomic E-state index is 12.2. The van der Waals surface area contributed by atoms with Crippen LogP contribution in [0.25, 0.3) is 11.4 Å². The van der Waals surface area contributed by atoms with Gasteiger partial charge in [0.15, 0.2) is 11.1 Å². The molecular formula is C14H17N3O4. The summed E-state index contributed by atoms with van der Waals surface area (Å²) in [6.07, 6.45) is 3.56. The van der Waals surface area contributed by atoms with Crippen molar-refractivity contribution in [1.29, 1.82) is 0 Å². The summed E-state index contributed by atoms with van der Waals surface area (Å²) in [5.41, 5.74) is 0.658. The van der Waals surface area contributed by atoms with E-state index in [1.54, 1.807) is 0 Å². The summed E-state index contributed by atoms with van der Waals surface area (Å²) in [5.74, 6) is -1.30. The van der Waals surface area contributed by atoms with Crippen molar-refractivity contribution in [3.05, 3.63) is 33.5 Å². The van der Waals surface area contributed by atoms with Gasteiger partial charge in [0.25, 0.3) is 0 Å². The second-order valence-electron chi connectivity index (χ2n) is 4.81. The number of fused-ring (bicyclic) bond motifs is 1. The Labute approximate surface area is 120 Å². The zero-order valence-electron chi connectivity index (χ0n) is 11.7. The molecule has 0 aromatic carbocycles. The highest BCUT2D eigenvalue weighted by atomic mass is 16.4. The number of aliphatic hydroxyl groups excluding tert-OH is 1. The zero-order chi connectivity index (χ0) is 15.4. The highest BCUT2D eigenvalue weighted by molar-refractivity contribution is 5.68. The zero-order valence-corrected chi connectivity index (χ0v) is 11.7. The first-order valence-electron chi connectivity index (χ1n) is 6.84. The van der Waals surface area contributed by atoms with E-state index in [0.717, 1.165) is 18.5 Å². The van der Waals surface area contributed by atoms with Gasteiger partial charge in [-0.1, -0.05) is 13.3 Å². The fraction of sp³-hybridized carbons (Fsp3) is 0.429. The number of aryl methyl sites for hydroxylation is 1. The number of pyridine rings is 1. The van der Waals surface area contributed by atoms with Gasteiger partial charge in [0.05, 0.1) is 6.42 Å². The van der Waals surface area contributed by atoms with Gasteiger partial charge in [-0.25, -0.2) is 9.50 Å². The number of hydrogen-bond acceptors (Lipinski definition) is 5. The van der Waals surface area contributed by atoms with Gasteiger partial charge in [-0.05, 0) is 12.8 Å². The van der Waals surface area contributed by atoms with Gasteiger partial charge >= 0.3 is 5.97 Å². The van der Waals surface area contributed by atoms with Crippen LogP contribution in [0.4, 0.5) is 0 Å². The number of aromatic nitrogens is 3. The number of carboxylic acids is 1. The number of nitrogens with zero attached hydrogens (tertiary/aromatic N) is 3.